The molecule has 0 saturated carbocycles. The van der Waals surface area contributed by atoms with E-state index in [4.69, 9.17) is 11.6 Å². The first-order valence-electron chi connectivity index (χ1n) is 4.12. The molecule has 1 aromatic rings. The number of rotatable bonds is 4. The minimum absolute atomic E-state index is 0.125. The van der Waals surface area contributed by atoms with E-state index in [2.05, 4.69) is 10.2 Å². The third-order valence-corrected chi connectivity index (χ3v) is 2.94. The molecule has 0 aliphatic carbocycles. The maximum absolute atomic E-state index is 12.8. The summed E-state index contributed by atoms with van der Waals surface area (Å²) >= 11 is 5.60. The topological polar surface area (TPSA) is 25.8 Å². The predicted octanol–water partition coefficient (Wildman–Crippen LogP) is 3.36. The van der Waals surface area contributed by atoms with E-state index in [-0.39, 0.29) is 28.6 Å². The van der Waals surface area contributed by atoms with Gasteiger partial charge in [0.25, 0.3) is 0 Å². The Morgan fingerprint density at radius 3 is 2.25 bits per heavy atom. The third kappa shape index (κ3) is 2.79. The first-order valence-corrected chi connectivity index (χ1v) is 5.47. The van der Waals surface area contributed by atoms with Gasteiger partial charge in [-0.25, -0.2) is 0 Å². The number of alkyl halides is 6. The Morgan fingerprint density at radius 1 is 1.12 bits per heavy atom. The predicted molar refractivity (Wildman–Crippen MR) is 48.9 cm³/mol. The lowest BCUT2D eigenvalue weighted by Gasteiger charge is -2.15. The van der Waals surface area contributed by atoms with Crippen LogP contribution in [0.15, 0.2) is 0 Å². The van der Waals surface area contributed by atoms with Crippen molar-refractivity contribution >= 4 is 22.9 Å². The summed E-state index contributed by atoms with van der Waals surface area (Å²) in [6.07, 6.45) is -4.95. The van der Waals surface area contributed by atoms with Crippen LogP contribution in [0.2, 0.25) is 0 Å². The fourth-order valence-corrected chi connectivity index (χ4v) is 1.83. The molecule has 1 heterocycles. The van der Waals surface area contributed by atoms with E-state index in [1.54, 1.807) is 0 Å². The highest BCUT2D eigenvalue weighted by Crippen LogP contribution is 2.44. The van der Waals surface area contributed by atoms with Crippen LogP contribution >= 0.6 is 22.9 Å². The van der Waals surface area contributed by atoms with E-state index < -0.39 is 17.1 Å². The van der Waals surface area contributed by atoms with Crippen LogP contribution in [0.1, 0.15) is 16.4 Å². The van der Waals surface area contributed by atoms with Crippen LogP contribution in [0.3, 0.4) is 0 Å². The summed E-state index contributed by atoms with van der Waals surface area (Å²) < 4.78 is 61.4. The Kier molecular flexibility index (Phi) is 4.06. The molecule has 0 radical (unpaired) electrons. The van der Waals surface area contributed by atoms with Crippen LogP contribution in [0.5, 0.6) is 0 Å². The van der Waals surface area contributed by atoms with E-state index in [0.29, 0.717) is 6.42 Å². The van der Waals surface area contributed by atoms with Gasteiger partial charge in [0.15, 0.2) is 5.01 Å². The maximum Gasteiger partial charge on any atom is 0.460 e. The molecule has 16 heavy (non-hydrogen) atoms. The van der Waals surface area contributed by atoms with Gasteiger partial charge in [-0.3, -0.25) is 0 Å². The first-order chi connectivity index (χ1) is 7.29. The highest BCUT2D eigenvalue weighted by atomic mass is 35.5. The number of halogens is 6. The molecule has 0 bridgehead atoms. The van der Waals surface area contributed by atoms with Crippen LogP contribution in [0, 0.1) is 0 Å². The zero-order valence-corrected chi connectivity index (χ0v) is 9.26. The Hall–Kier alpha value is -0.500. The molecule has 9 heteroatoms. The van der Waals surface area contributed by atoms with Crippen LogP contribution < -0.4 is 0 Å². The summed E-state index contributed by atoms with van der Waals surface area (Å²) in [5.74, 6) is -4.66. The quantitative estimate of drug-likeness (QED) is 0.624. The second-order valence-corrected chi connectivity index (χ2v) is 4.31. The Bertz CT molecular complexity index is 351. The molecule has 1 rings (SSSR count). The van der Waals surface area contributed by atoms with Crippen molar-refractivity contribution in [2.24, 2.45) is 0 Å². The van der Waals surface area contributed by atoms with Crippen molar-refractivity contribution in [3.05, 3.63) is 10.0 Å². The Morgan fingerprint density at radius 2 is 1.75 bits per heavy atom. The zero-order chi connectivity index (χ0) is 12.4. The van der Waals surface area contributed by atoms with Gasteiger partial charge in [0.2, 0.25) is 0 Å². The normalized spacial score (nSPS) is 13.1. The molecule has 0 atom stereocenters. The molecular formula is C7H6ClF5N2S. The Labute approximate surface area is 96.4 Å². The van der Waals surface area contributed by atoms with Gasteiger partial charge in [-0.2, -0.15) is 22.0 Å². The van der Waals surface area contributed by atoms with E-state index in [1.807, 2.05) is 0 Å². The van der Waals surface area contributed by atoms with E-state index in [1.165, 1.54) is 0 Å². The van der Waals surface area contributed by atoms with Crippen LogP contribution in [0.25, 0.3) is 0 Å². The van der Waals surface area contributed by atoms with Gasteiger partial charge in [-0.05, 0) is 6.42 Å². The fourth-order valence-electron chi connectivity index (χ4n) is 0.821. The van der Waals surface area contributed by atoms with Crippen LogP contribution in [0.4, 0.5) is 22.0 Å². The summed E-state index contributed by atoms with van der Waals surface area (Å²) in [6.45, 7) is 0. The molecule has 1 aromatic heterocycles. The molecule has 0 amide bonds. The second kappa shape index (κ2) is 4.79. The number of aromatic nitrogens is 2. The summed E-state index contributed by atoms with van der Waals surface area (Å²) in [6, 6.07) is 0. The lowest BCUT2D eigenvalue weighted by atomic mass is 10.3. The van der Waals surface area contributed by atoms with Gasteiger partial charge >= 0.3 is 12.1 Å². The highest BCUT2D eigenvalue weighted by Gasteiger charge is 2.61. The van der Waals surface area contributed by atoms with Crippen molar-refractivity contribution in [3.63, 3.8) is 0 Å². The molecule has 0 unspecified atom stereocenters. The van der Waals surface area contributed by atoms with Crippen molar-refractivity contribution in [1.82, 2.24) is 10.2 Å². The average molecular weight is 281 g/mol. The number of nitrogens with zero attached hydrogens (tertiary/aromatic N) is 2. The van der Waals surface area contributed by atoms with Crippen LogP contribution in [-0.2, 0) is 12.3 Å². The molecule has 0 saturated heterocycles. The minimum Gasteiger partial charge on any atom is -0.188 e. The lowest BCUT2D eigenvalue weighted by molar-refractivity contribution is -0.289. The van der Waals surface area contributed by atoms with E-state index >= 15 is 0 Å². The molecule has 0 fully saturated rings. The maximum atomic E-state index is 12.8. The van der Waals surface area contributed by atoms with Crippen molar-refractivity contribution in [2.45, 2.75) is 24.9 Å². The van der Waals surface area contributed by atoms with Gasteiger partial charge in [-0.15, -0.1) is 21.8 Å². The molecule has 92 valence electrons. The molecule has 0 N–H and O–H groups in total. The van der Waals surface area contributed by atoms with Crippen molar-refractivity contribution in [2.75, 3.05) is 5.88 Å². The number of hydrogen-bond donors (Lipinski definition) is 0. The third-order valence-electron chi connectivity index (χ3n) is 1.62. The average Bonchev–Trinajstić information content (AvgIpc) is 2.61. The van der Waals surface area contributed by atoms with Gasteiger partial charge < -0.3 is 0 Å². The monoisotopic (exact) mass is 280 g/mol. The molecule has 0 aromatic carbocycles. The van der Waals surface area contributed by atoms with E-state index in [9.17, 15) is 22.0 Å². The van der Waals surface area contributed by atoms with Gasteiger partial charge in [0, 0.05) is 12.3 Å². The highest BCUT2D eigenvalue weighted by molar-refractivity contribution is 7.11. The van der Waals surface area contributed by atoms with Crippen molar-refractivity contribution in [3.8, 4) is 0 Å². The van der Waals surface area contributed by atoms with E-state index in [0.717, 1.165) is 0 Å². The summed E-state index contributed by atoms with van der Waals surface area (Å²) in [5.41, 5.74) is 0. The zero-order valence-electron chi connectivity index (χ0n) is 7.69. The molecular weight excluding hydrogens is 275 g/mol. The lowest BCUT2D eigenvalue weighted by Crippen LogP contribution is -2.33. The smallest absolute Gasteiger partial charge is 0.188 e. The largest absolute Gasteiger partial charge is 0.460 e. The minimum atomic E-state index is -5.64. The summed E-state index contributed by atoms with van der Waals surface area (Å²) in [4.78, 5) is 0. The summed E-state index contributed by atoms with van der Waals surface area (Å²) in [7, 11) is 0. The molecule has 2 nitrogen and oxygen atoms in total. The van der Waals surface area contributed by atoms with Gasteiger partial charge in [-0.1, -0.05) is 11.3 Å². The van der Waals surface area contributed by atoms with Crippen molar-refractivity contribution < 1.29 is 22.0 Å². The summed E-state index contributed by atoms with van der Waals surface area (Å²) in [5, 5.41) is 4.92. The van der Waals surface area contributed by atoms with Crippen LogP contribution in [-0.4, -0.2) is 22.3 Å². The molecule has 0 spiro atoms. The molecule has 0 aliphatic heterocycles. The number of aryl methyl sites for hydroxylation is 1. The fraction of sp³-hybridized carbons (Fsp3) is 0.714. The number of hydrogen-bond acceptors (Lipinski definition) is 3. The Balaban J connectivity index is 2.85. The standard InChI is InChI=1S/C7H6ClF5N2S/c8-3-1-2-4-14-15-5(16-4)6(9,10)7(11,12)13/h1-3H2. The van der Waals surface area contributed by atoms with Gasteiger partial charge in [0.05, 0.1) is 0 Å². The second-order valence-electron chi connectivity index (χ2n) is 2.87. The molecule has 0 aliphatic rings. The first kappa shape index (κ1) is 13.6. The van der Waals surface area contributed by atoms with Crippen molar-refractivity contribution in [1.29, 1.82) is 0 Å². The SMILES string of the molecule is FC(F)(F)C(F)(F)c1nnc(CCCCl)s1. The van der Waals surface area contributed by atoms with Gasteiger partial charge in [0.1, 0.15) is 5.01 Å².